The molecule has 27 heavy (non-hydrogen) atoms. The molecule has 1 N–H and O–H groups in total. The van der Waals surface area contributed by atoms with Gasteiger partial charge in [0.1, 0.15) is 12.3 Å². The molecular weight excluding hydrogens is 352 g/mol. The van der Waals surface area contributed by atoms with E-state index in [1.54, 1.807) is 38.3 Å². The van der Waals surface area contributed by atoms with Crippen LogP contribution in [-0.4, -0.2) is 69.8 Å². The molecule has 0 heterocycles. The number of nitrogens with one attached hydrogen (secondary N) is 1. The van der Waals surface area contributed by atoms with Gasteiger partial charge in [0, 0.05) is 32.2 Å². The number of carbonyl (C=O) groups is 3. The highest BCUT2D eigenvalue weighted by atomic mass is 16.5. The molecule has 0 aliphatic carbocycles. The molecule has 0 radical (unpaired) electrons. The summed E-state index contributed by atoms with van der Waals surface area (Å²) < 4.78 is 14.9. The lowest BCUT2D eigenvalue weighted by atomic mass is 10.2. The first-order chi connectivity index (χ1) is 13.0. The van der Waals surface area contributed by atoms with Crippen molar-refractivity contribution in [1.82, 2.24) is 10.2 Å². The fraction of sp³-hybridized carbons (Fsp3) is 0.526. The average Bonchev–Trinajstić information content (AvgIpc) is 2.68. The quantitative estimate of drug-likeness (QED) is 0.433. The van der Waals surface area contributed by atoms with Crippen molar-refractivity contribution < 1.29 is 28.6 Å². The van der Waals surface area contributed by atoms with Crippen LogP contribution >= 0.6 is 0 Å². The van der Waals surface area contributed by atoms with Gasteiger partial charge in [-0.2, -0.15) is 0 Å². The van der Waals surface area contributed by atoms with Crippen LogP contribution in [0.3, 0.4) is 0 Å². The van der Waals surface area contributed by atoms with Crippen LogP contribution in [0.2, 0.25) is 0 Å². The van der Waals surface area contributed by atoms with Gasteiger partial charge in [0.25, 0.3) is 5.91 Å². The van der Waals surface area contributed by atoms with E-state index in [9.17, 15) is 14.4 Å². The van der Waals surface area contributed by atoms with Crippen molar-refractivity contribution in [3.63, 3.8) is 0 Å². The number of hydrogen-bond acceptors (Lipinski definition) is 6. The van der Waals surface area contributed by atoms with E-state index in [0.717, 1.165) is 0 Å². The van der Waals surface area contributed by atoms with Gasteiger partial charge in [-0.05, 0) is 37.6 Å². The Morgan fingerprint density at radius 2 is 1.81 bits per heavy atom. The summed E-state index contributed by atoms with van der Waals surface area (Å²) in [6, 6.07) is 6.76. The van der Waals surface area contributed by atoms with Gasteiger partial charge in [-0.1, -0.05) is 0 Å². The SMILES string of the molecule is CCOC(=O)CN(CCOC)C(=O)CCCNC(=O)c1ccc(OC)cc1. The Morgan fingerprint density at radius 1 is 1.11 bits per heavy atom. The fourth-order valence-corrected chi connectivity index (χ4v) is 2.30. The molecule has 0 saturated carbocycles. The van der Waals surface area contributed by atoms with Gasteiger partial charge in [-0.25, -0.2) is 0 Å². The second-order valence-corrected chi connectivity index (χ2v) is 5.70. The summed E-state index contributed by atoms with van der Waals surface area (Å²) in [7, 11) is 3.09. The molecule has 0 atom stereocenters. The van der Waals surface area contributed by atoms with Gasteiger partial charge in [-0.15, -0.1) is 0 Å². The van der Waals surface area contributed by atoms with E-state index in [1.165, 1.54) is 12.0 Å². The maximum Gasteiger partial charge on any atom is 0.325 e. The standard InChI is InChI=1S/C19H28N2O6/c1-4-27-18(23)14-21(12-13-25-2)17(22)6-5-11-20-19(24)15-7-9-16(26-3)10-8-15/h7-10H,4-6,11-14H2,1-3H3,(H,20,24). The lowest BCUT2D eigenvalue weighted by Gasteiger charge is -2.21. The molecule has 0 aromatic heterocycles. The predicted molar refractivity (Wildman–Crippen MR) is 99.7 cm³/mol. The molecule has 1 aromatic carbocycles. The van der Waals surface area contributed by atoms with Crippen molar-refractivity contribution in [2.75, 3.05) is 47.1 Å². The van der Waals surface area contributed by atoms with E-state index >= 15 is 0 Å². The summed E-state index contributed by atoms with van der Waals surface area (Å²) >= 11 is 0. The molecule has 0 aliphatic rings. The van der Waals surface area contributed by atoms with E-state index in [1.807, 2.05) is 0 Å². The second-order valence-electron chi connectivity index (χ2n) is 5.70. The summed E-state index contributed by atoms with van der Waals surface area (Å²) in [6.45, 7) is 2.88. The van der Waals surface area contributed by atoms with Crippen molar-refractivity contribution in [2.45, 2.75) is 19.8 Å². The number of methoxy groups -OCH3 is 2. The Balaban J connectivity index is 2.40. The molecule has 0 spiro atoms. The number of hydrogen-bond donors (Lipinski definition) is 1. The monoisotopic (exact) mass is 380 g/mol. The van der Waals surface area contributed by atoms with Gasteiger partial charge >= 0.3 is 5.97 Å². The number of benzene rings is 1. The van der Waals surface area contributed by atoms with Crippen LogP contribution in [0, 0.1) is 0 Å². The van der Waals surface area contributed by atoms with E-state index in [0.29, 0.717) is 37.4 Å². The Labute approximate surface area is 159 Å². The summed E-state index contributed by atoms with van der Waals surface area (Å²) in [4.78, 5) is 37.4. The molecule has 8 nitrogen and oxygen atoms in total. The van der Waals surface area contributed by atoms with Crippen LogP contribution in [0.4, 0.5) is 0 Å². The third kappa shape index (κ3) is 8.54. The Hall–Kier alpha value is -2.61. The molecule has 2 amide bonds. The van der Waals surface area contributed by atoms with Crippen LogP contribution in [-0.2, 0) is 19.1 Å². The molecule has 1 aromatic rings. The fourth-order valence-electron chi connectivity index (χ4n) is 2.30. The van der Waals surface area contributed by atoms with E-state index < -0.39 is 5.97 Å². The minimum atomic E-state index is -0.449. The molecule has 8 heteroatoms. The third-order valence-corrected chi connectivity index (χ3v) is 3.75. The zero-order valence-electron chi connectivity index (χ0n) is 16.2. The molecule has 0 aliphatic heterocycles. The molecule has 0 fully saturated rings. The van der Waals surface area contributed by atoms with Gasteiger partial charge in [0.15, 0.2) is 0 Å². The van der Waals surface area contributed by atoms with Gasteiger partial charge in [0.2, 0.25) is 5.91 Å². The van der Waals surface area contributed by atoms with Gasteiger partial charge in [0.05, 0.1) is 20.3 Å². The minimum Gasteiger partial charge on any atom is -0.497 e. The number of amides is 2. The first kappa shape index (κ1) is 22.4. The lowest BCUT2D eigenvalue weighted by Crippen LogP contribution is -2.39. The van der Waals surface area contributed by atoms with E-state index in [4.69, 9.17) is 14.2 Å². The molecule has 0 saturated heterocycles. The largest absolute Gasteiger partial charge is 0.497 e. The third-order valence-electron chi connectivity index (χ3n) is 3.75. The topological polar surface area (TPSA) is 94.2 Å². The number of rotatable bonds is 12. The number of carbonyl (C=O) groups excluding carboxylic acids is 3. The Bertz CT molecular complexity index is 603. The summed E-state index contributed by atoms with van der Waals surface area (Å²) in [5.74, 6) is -0.170. The highest BCUT2D eigenvalue weighted by Gasteiger charge is 2.17. The number of ether oxygens (including phenoxy) is 3. The second kappa shape index (κ2) is 12.7. The summed E-state index contributed by atoms with van der Waals surface area (Å²) in [5.41, 5.74) is 0.520. The first-order valence-electron chi connectivity index (χ1n) is 8.86. The minimum absolute atomic E-state index is 0.103. The molecule has 1 rings (SSSR count). The molecule has 0 bridgehead atoms. The number of nitrogens with zero attached hydrogens (tertiary/aromatic N) is 1. The Morgan fingerprint density at radius 3 is 2.41 bits per heavy atom. The van der Waals surface area contributed by atoms with Crippen molar-refractivity contribution in [3.05, 3.63) is 29.8 Å². The Kier molecular flexibility index (Phi) is 10.5. The van der Waals surface area contributed by atoms with Crippen molar-refractivity contribution in [2.24, 2.45) is 0 Å². The van der Waals surface area contributed by atoms with Gasteiger partial charge < -0.3 is 24.4 Å². The van der Waals surface area contributed by atoms with Crippen LogP contribution in [0.5, 0.6) is 5.75 Å². The highest BCUT2D eigenvalue weighted by molar-refractivity contribution is 5.94. The van der Waals surface area contributed by atoms with Crippen LogP contribution in [0.25, 0.3) is 0 Å². The predicted octanol–water partition coefficient (Wildman–Crippen LogP) is 1.24. The van der Waals surface area contributed by atoms with E-state index in [-0.39, 0.29) is 31.4 Å². The smallest absolute Gasteiger partial charge is 0.325 e. The highest BCUT2D eigenvalue weighted by Crippen LogP contribution is 2.11. The van der Waals surface area contributed by atoms with Crippen molar-refractivity contribution in [3.8, 4) is 5.75 Å². The van der Waals surface area contributed by atoms with Crippen molar-refractivity contribution >= 4 is 17.8 Å². The molecule has 0 unspecified atom stereocenters. The molecular formula is C19H28N2O6. The van der Waals surface area contributed by atoms with E-state index in [2.05, 4.69) is 5.32 Å². The maximum atomic E-state index is 12.3. The average molecular weight is 380 g/mol. The zero-order chi connectivity index (χ0) is 20.1. The first-order valence-corrected chi connectivity index (χ1v) is 8.86. The zero-order valence-corrected chi connectivity index (χ0v) is 16.2. The molecule has 150 valence electrons. The van der Waals surface area contributed by atoms with Crippen molar-refractivity contribution in [1.29, 1.82) is 0 Å². The van der Waals surface area contributed by atoms with Crippen LogP contribution in [0.1, 0.15) is 30.1 Å². The van der Waals surface area contributed by atoms with Crippen LogP contribution < -0.4 is 10.1 Å². The normalized spacial score (nSPS) is 10.2. The van der Waals surface area contributed by atoms with Gasteiger partial charge in [-0.3, -0.25) is 14.4 Å². The summed E-state index contributed by atoms with van der Waals surface area (Å²) in [5, 5.41) is 2.77. The maximum absolute atomic E-state index is 12.3. The van der Waals surface area contributed by atoms with Crippen LogP contribution in [0.15, 0.2) is 24.3 Å². The summed E-state index contributed by atoms with van der Waals surface area (Å²) in [6.07, 6.45) is 0.680. The number of esters is 1. The lowest BCUT2D eigenvalue weighted by molar-refractivity contribution is -0.149.